The lowest BCUT2D eigenvalue weighted by molar-refractivity contribution is -0.335. The third kappa shape index (κ3) is 10.6. The van der Waals surface area contributed by atoms with Crippen molar-refractivity contribution in [3.63, 3.8) is 0 Å². The van der Waals surface area contributed by atoms with Crippen molar-refractivity contribution in [2.75, 3.05) is 27.4 Å². The van der Waals surface area contributed by atoms with E-state index in [1.807, 2.05) is 65.0 Å². The zero-order valence-electron chi connectivity index (χ0n) is 31.1. The van der Waals surface area contributed by atoms with E-state index in [9.17, 15) is 40.5 Å². The fraction of sp³-hybridized carbons (Fsp3) is 0.649. The lowest BCUT2D eigenvalue weighted by Crippen LogP contribution is -2.62. The van der Waals surface area contributed by atoms with Crippen LogP contribution in [0.5, 0.6) is 11.6 Å². The molecule has 3 rings (SSSR count). The topological polar surface area (TPSA) is 230 Å². The molecule has 15 heteroatoms. The first-order valence-corrected chi connectivity index (χ1v) is 17.3. The summed E-state index contributed by atoms with van der Waals surface area (Å²) >= 11 is 0. The molecule has 2 aliphatic heterocycles. The van der Waals surface area contributed by atoms with E-state index in [0.717, 1.165) is 22.4 Å². The van der Waals surface area contributed by atoms with E-state index in [-0.39, 0.29) is 23.0 Å². The molecule has 2 fully saturated rings. The molecule has 8 N–H and O–H groups in total. The fourth-order valence-electron chi connectivity index (χ4n) is 6.10. The zero-order chi connectivity index (χ0) is 38.9. The Bertz CT molecular complexity index is 1490. The third-order valence-corrected chi connectivity index (χ3v) is 9.48. The fourth-order valence-corrected chi connectivity index (χ4v) is 6.10. The van der Waals surface area contributed by atoms with Crippen molar-refractivity contribution in [3.8, 4) is 11.6 Å². The van der Waals surface area contributed by atoms with Crippen molar-refractivity contribution in [1.82, 2.24) is 4.98 Å². The van der Waals surface area contributed by atoms with Gasteiger partial charge in [-0.05, 0) is 46.6 Å². The van der Waals surface area contributed by atoms with Crippen LogP contribution in [0.2, 0.25) is 0 Å². The van der Waals surface area contributed by atoms with Gasteiger partial charge in [0.1, 0.15) is 48.8 Å². The van der Waals surface area contributed by atoms with Gasteiger partial charge in [-0.3, -0.25) is 4.79 Å². The zero-order valence-corrected chi connectivity index (χ0v) is 31.1. The van der Waals surface area contributed by atoms with E-state index >= 15 is 0 Å². The number of hydrogen-bond donors (Lipinski definition) is 8. The second kappa shape index (κ2) is 19.9. The summed E-state index contributed by atoms with van der Waals surface area (Å²) in [4.78, 5) is 15.8. The highest BCUT2D eigenvalue weighted by molar-refractivity contribution is 5.40. The van der Waals surface area contributed by atoms with Crippen LogP contribution in [-0.4, -0.2) is 136 Å². The van der Waals surface area contributed by atoms with E-state index in [1.54, 1.807) is 6.92 Å². The van der Waals surface area contributed by atoms with Crippen LogP contribution >= 0.6 is 0 Å². The average Bonchev–Trinajstić information content (AvgIpc) is 3.12. The molecular formula is C37H57NO14. The minimum atomic E-state index is -1.67. The molecule has 1 aromatic heterocycles. The number of hydrogen-bond acceptors (Lipinski definition) is 14. The molecule has 0 bridgehead atoms. The quantitative estimate of drug-likeness (QED) is 0.0862. The Hall–Kier alpha value is -2.93. The van der Waals surface area contributed by atoms with E-state index in [0.29, 0.717) is 18.4 Å². The Morgan fingerprint density at radius 1 is 0.904 bits per heavy atom. The summed E-state index contributed by atoms with van der Waals surface area (Å²) in [5.74, 6) is 0.193. The molecular weight excluding hydrogens is 682 g/mol. The molecule has 0 aromatic carbocycles. The van der Waals surface area contributed by atoms with Crippen LogP contribution in [0.4, 0.5) is 0 Å². The summed E-state index contributed by atoms with van der Waals surface area (Å²) in [6.45, 7) is 10.2. The maximum absolute atomic E-state index is 12.6. The molecule has 0 aliphatic carbocycles. The summed E-state index contributed by atoms with van der Waals surface area (Å²) in [5.41, 5.74) is 3.95. The Morgan fingerprint density at radius 2 is 1.52 bits per heavy atom. The third-order valence-electron chi connectivity index (χ3n) is 9.48. The number of aliphatic hydroxyl groups excluding tert-OH is 7. The molecule has 1 aromatic rings. The molecule has 12 atom stereocenters. The van der Waals surface area contributed by atoms with Gasteiger partial charge in [0.25, 0.3) is 0 Å². The maximum Gasteiger partial charge on any atom is 0.238 e. The van der Waals surface area contributed by atoms with Crippen molar-refractivity contribution in [2.24, 2.45) is 5.92 Å². The van der Waals surface area contributed by atoms with E-state index in [1.165, 1.54) is 14.2 Å². The number of aromatic amines is 1. The summed E-state index contributed by atoms with van der Waals surface area (Å²) in [7, 11) is 2.89. The van der Waals surface area contributed by atoms with Crippen molar-refractivity contribution in [3.05, 3.63) is 68.6 Å². The molecule has 3 heterocycles. The van der Waals surface area contributed by atoms with Crippen LogP contribution in [0.1, 0.15) is 52.3 Å². The highest BCUT2D eigenvalue weighted by Gasteiger charge is 2.48. The second-order valence-corrected chi connectivity index (χ2v) is 13.4. The minimum absolute atomic E-state index is 0.142. The molecule has 294 valence electrons. The Balaban J connectivity index is 1.66. The average molecular weight is 740 g/mol. The number of rotatable bonds is 16. The molecule has 0 spiro atoms. The number of aromatic nitrogens is 1. The summed E-state index contributed by atoms with van der Waals surface area (Å²) in [6.07, 6.45) is -4.62. The van der Waals surface area contributed by atoms with Crippen molar-refractivity contribution >= 4 is 0 Å². The highest BCUT2D eigenvalue weighted by atomic mass is 16.7. The number of allylic oxidation sites excluding steroid dienone is 6. The molecule has 15 nitrogen and oxygen atoms in total. The largest absolute Gasteiger partial charge is 0.488 e. The molecule has 0 radical (unpaired) electrons. The Morgan fingerprint density at radius 3 is 2.12 bits per heavy atom. The van der Waals surface area contributed by atoms with Crippen LogP contribution in [0.3, 0.4) is 0 Å². The number of ether oxygens (including phenoxy) is 6. The summed E-state index contributed by atoms with van der Waals surface area (Å²) < 4.78 is 33.5. The van der Waals surface area contributed by atoms with Crippen LogP contribution in [-0.2, 0) is 25.4 Å². The Labute approximate surface area is 304 Å². The number of nitrogens with one attached hydrogen (secondary N) is 1. The Kier molecular flexibility index (Phi) is 16.7. The maximum atomic E-state index is 12.6. The van der Waals surface area contributed by atoms with Gasteiger partial charge in [0.15, 0.2) is 12.6 Å². The SMILES string of the molecule is C/C=C(/C)[C@H](O[C@@H]1O[C@H](CO[C@H]2O[C@H](CO)[C@H](O)[C@H](O)[C@H]2O)[C@@H](O)[C@H](O)[C@H]1O)[C@H](C)/C=C(C)\C=C\C/C(C)=C\Cc1[nH]c(OC)c(OC)c(=O)c1C. The van der Waals surface area contributed by atoms with Gasteiger partial charge in [-0.15, -0.1) is 0 Å². The predicted octanol–water partition coefficient (Wildman–Crippen LogP) is 0.694. The van der Waals surface area contributed by atoms with Crippen LogP contribution in [0, 0.1) is 12.8 Å². The van der Waals surface area contributed by atoms with Gasteiger partial charge < -0.3 is 69.2 Å². The van der Waals surface area contributed by atoms with Crippen molar-refractivity contribution in [1.29, 1.82) is 0 Å². The number of methoxy groups -OCH3 is 2. The first kappa shape index (κ1) is 43.5. The van der Waals surface area contributed by atoms with Crippen LogP contribution in [0.25, 0.3) is 0 Å². The molecule has 2 aliphatic rings. The number of pyridine rings is 1. The van der Waals surface area contributed by atoms with Gasteiger partial charge in [-0.25, -0.2) is 0 Å². The van der Waals surface area contributed by atoms with Crippen molar-refractivity contribution < 1.29 is 64.2 Å². The van der Waals surface area contributed by atoms with Crippen LogP contribution in [0.15, 0.2) is 51.9 Å². The predicted molar refractivity (Wildman–Crippen MR) is 190 cm³/mol. The molecule has 52 heavy (non-hydrogen) atoms. The van der Waals surface area contributed by atoms with Gasteiger partial charge in [0.05, 0.1) is 33.5 Å². The van der Waals surface area contributed by atoms with E-state index in [2.05, 4.69) is 4.98 Å². The first-order valence-electron chi connectivity index (χ1n) is 17.3. The second-order valence-electron chi connectivity index (χ2n) is 13.4. The molecule has 0 amide bonds. The lowest BCUT2D eigenvalue weighted by atomic mass is 9.94. The lowest BCUT2D eigenvalue weighted by Gasteiger charge is -2.43. The van der Waals surface area contributed by atoms with Gasteiger partial charge >= 0.3 is 0 Å². The molecule has 0 saturated carbocycles. The molecule has 0 unspecified atom stereocenters. The van der Waals surface area contributed by atoms with Gasteiger partial charge in [0, 0.05) is 23.6 Å². The smallest absolute Gasteiger partial charge is 0.238 e. The monoisotopic (exact) mass is 739 g/mol. The highest BCUT2D eigenvalue weighted by Crippen LogP contribution is 2.30. The minimum Gasteiger partial charge on any atom is -0.488 e. The van der Waals surface area contributed by atoms with E-state index in [4.69, 9.17) is 28.4 Å². The number of aliphatic hydroxyl groups is 7. The summed E-state index contributed by atoms with van der Waals surface area (Å²) in [6, 6.07) is 0. The normalized spacial score (nSPS) is 31.9. The molecule has 2 saturated heterocycles. The van der Waals surface area contributed by atoms with E-state index < -0.39 is 80.7 Å². The van der Waals surface area contributed by atoms with Crippen LogP contribution < -0.4 is 14.9 Å². The van der Waals surface area contributed by atoms with Gasteiger partial charge in [-0.1, -0.05) is 48.5 Å². The first-order chi connectivity index (χ1) is 24.6. The standard InChI is InChI=1S/C37H57NO14/c1-9-20(4)33(21(5)15-19(3)12-10-11-18(2)13-14-23-22(6)26(40)34(47-7)35(38-23)48-8)52-37-32(46)30(44)28(42)25(51-37)17-49-36-31(45)29(43)27(41)24(16-39)50-36/h9-10,12-13,15,21,24-25,27-33,36-37,39,41-46H,11,14,16-17H2,1-8H3,(H,38,40)/b12-10+,18-13-,19-15-,20-9-/t21-,24-,25-,27+,28-,29+,30+,31-,32-,33+,36+,37+/m1/s1. The summed E-state index contributed by atoms with van der Waals surface area (Å²) in [5, 5.41) is 72.0. The van der Waals surface area contributed by atoms with Gasteiger partial charge in [0.2, 0.25) is 17.1 Å². The van der Waals surface area contributed by atoms with Gasteiger partial charge in [-0.2, -0.15) is 0 Å². The van der Waals surface area contributed by atoms with Crippen molar-refractivity contribution in [2.45, 2.75) is 122 Å². The number of H-pyrrole nitrogens is 1.